The van der Waals surface area contributed by atoms with Crippen LogP contribution < -0.4 is 0 Å². The molecule has 2 aliphatic rings. The van der Waals surface area contributed by atoms with Crippen LogP contribution in [0, 0.1) is 13.8 Å². The molecular formula is C31H34BF2N3. The van der Waals surface area contributed by atoms with Gasteiger partial charge in [-0.05, 0) is 81.1 Å². The molecule has 0 spiro atoms. The maximum atomic E-state index is 16.5. The summed E-state index contributed by atoms with van der Waals surface area (Å²) >= 11 is 0. The van der Waals surface area contributed by atoms with E-state index in [1.54, 1.807) is 0 Å². The lowest BCUT2D eigenvalue weighted by atomic mass is 9.83. The molecule has 4 heterocycles. The van der Waals surface area contributed by atoms with E-state index < -0.39 is 6.97 Å². The molecule has 0 saturated heterocycles. The zero-order chi connectivity index (χ0) is 26.4. The Balaban J connectivity index is 1.78. The molecule has 2 aliphatic heterocycles. The summed E-state index contributed by atoms with van der Waals surface area (Å²) in [4.78, 5) is 0. The molecule has 0 atom stereocenters. The number of halogens is 2. The summed E-state index contributed by atoms with van der Waals surface area (Å²) in [5.41, 5.74) is 11.0. The minimum Gasteiger partial charge on any atom is -0.393 e. The van der Waals surface area contributed by atoms with Crippen molar-refractivity contribution < 1.29 is 13.1 Å². The maximum Gasteiger partial charge on any atom is 0.737 e. The summed E-state index contributed by atoms with van der Waals surface area (Å²) in [5.74, 6) is 0. The van der Waals surface area contributed by atoms with Gasteiger partial charge in [0.25, 0.3) is 0 Å². The molecule has 6 rings (SSSR count). The summed E-state index contributed by atoms with van der Waals surface area (Å²) < 4.78 is 38.1. The second kappa shape index (κ2) is 8.05. The Bertz CT molecular complexity index is 1740. The van der Waals surface area contributed by atoms with Gasteiger partial charge in [-0.25, -0.2) is 0 Å². The van der Waals surface area contributed by atoms with Gasteiger partial charge in [-0.2, -0.15) is 0 Å². The number of allylic oxidation sites excluding steroid dienone is 2. The first kappa shape index (κ1) is 24.0. The normalized spacial score (nSPS) is 17.0. The Morgan fingerprint density at radius 2 is 1.57 bits per heavy atom. The highest BCUT2D eigenvalue weighted by atomic mass is 19.2. The number of aromatic nitrogens is 2. The van der Waals surface area contributed by atoms with Crippen molar-refractivity contribution in [2.75, 3.05) is 0 Å². The Labute approximate surface area is 217 Å². The highest BCUT2D eigenvalue weighted by molar-refractivity contribution is 6.58. The van der Waals surface area contributed by atoms with Crippen LogP contribution in [0.3, 0.4) is 0 Å². The Kier molecular flexibility index (Phi) is 5.21. The summed E-state index contributed by atoms with van der Waals surface area (Å²) in [6.45, 7) is 10.9. The number of hydrogen-bond donors (Lipinski definition) is 0. The van der Waals surface area contributed by atoms with Crippen molar-refractivity contribution in [2.24, 2.45) is 0 Å². The number of nitrogens with zero attached hydrogens (tertiary/aromatic N) is 3. The van der Waals surface area contributed by atoms with Gasteiger partial charge in [-0.15, -0.1) is 0 Å². The molecule has 0 aliphatic carbocycles. The molecule has 0 unspecified atom stereocenters. The van der Waals surface area contributed by atoms with E-state index in [1.165, 1.54) is 25.4 Å². The minimum atomic E-state index is -4.02. The van der Waals surface area contributed by atoms with Gasteiger partial charge in [0.2, 0.25) is 0 Å². The first-order chi connectivity index (χ1) is 17.7. The van der Waals surface area contributed by atoms with Crippen molar-refractivity contribution >= 4 is 40.1 Å². The summed E-state index contributed by atoms with van der Waals surface area (Å²) in [5, 5.41) is 2.36. The smallest absolute Gasteiger partial charge is 0.393 e. The lowest BCUT2D eigenvalue weighted by molar-refractivity contribution is -0.363. The second-order valence-electron chi connectivity index (χ2n) is 10.5. The van der Waals surface area contributed by atoms with Crippen molar-refractivity contribution in [1.82, 2.24) is 9.05 Å². The first-order valence-electron chi connectivity index (χ1n) is 13.5. The van der Waals surface area contributed by atoms with Crippen LogP contribution in [0.4, 0.5) is 8.63 Å². The largest absolute Gasteiger partial charge is 0.737 e. The third kappa shape index (κ3) is 2.90. The number of hydrogen-bond acceptors (Lipinski definition) is 0. The van der Waals surface area contributed by atoms with Crippen LogP contribution in [0.5, 0.6) is 0 Å². The summed E-state index contributed by atoms with van der Waals surface area (Å²) in [6, 6.07) is 15.0. The lowest BCUT2D eigenvalue weighted by Crippen LogP contribution is -2.51. The topological polar surface area (TPSA) is 12.9 Å². The van der Waals surface area contributed by atoms with Crippen LogP contribution >= 0.6 is 0 Å². The standard InChI is InChI=1S/C31H34BF2N3/c1-8-23-18(4)30-29(22-15-16-28-26(17-22)25-13-11-12-14-27(25)35(28)10-3)31-19(5)24(9-2)21(7)37(31)32(33,34)36(30)20(23)6/h11-17H,8-10H2,1-7H3. The molecule has 4 aromatic rings. The van der Waals surface area contributed by atoms with Gasteiger partial charge in [0, 0.05) is 52.1 Å². The van der Waals surface area contributed by atoms with Crippen LogP contribution in [0.15, 0.2) is 59.3 Å². The average molecular weight is 497 g/mol. The molecule has 6 heteroatoms. The predicted molar refractivity (Wildman–Crippen MR) is 152 cm³/mol. The molecule has 37 heavy (non-hydrogen) atoms. The number of benzene rings is 2. The van der Waals surface area contributed by atoms with Gasteiger partial charge in [0.05, 0.1) is 5.57 Å². The van der Waals surface area contributed by atoms with Gasteiger partial charge >= 0.3 is 6.97 Å². The van der Waals surface area contributed by atoms with Gasteiger partial charge in [-0.1, -0.05) is 38.1 Å². The highest BCUT2D eigenvalue weighted by Crippen LogP contribution is 2.47. The van der Waals surface area contributed by atoms with Gasteiger partial charge in [0.15, 0.2) is 5.70 Å². The molecule has 0 saturated carbocycles. The molecule has 0 N–H and O–H groups in total. The molecule has 190 valence electrons. The highest BCUT2D eigenvalue weighted by Gasteiger charge is 2.56. The number of para-hydroxylation sites is 1. The number of fused-ring (bicyclic) bond motifs is 5. The molecule has 0 bridgehead atoms. The van der Waals surface area contributed by atoms with Crippen LogP contribution in [-0.2, 0) is 13.0 Å². The van der Waals surface area contributed by atoms with E-state index >= 15 is 8.63 Å². The minimum absolute atomic E-state index is 0.675. The Hall–Kier alpha value is -3.41. The molecular weight excluding hydrogens is 463 g/mol. The van der Waals surface area contributed by atoms with Crippen LogP contribution in [0.2, 0.25) is 0 Å². The third-order valence-corrected chi connectivity index (χ3v) is 8.87. The van der Waals surface area contributed by atoms with E-state index in [4.69, 9.17) is 0 Å². The fourth-order valence-electron chi connectivity index (χ4n) is 7.30. The van der Waals surface area contributed by atoms with Crippen molar-refractivity contribution in [3.05, 3.63) is 87.4 Å². The Morgan fingerprint density at radius 1 is 0.865 bits per heavy atom. The predicted octanol–water partition coefficient (Wildman–Crippen LogP) is 8.00. The zero-order valence-electron chi connectivity index (χ0n) is 22.8. The van der Waals surface area contributed by atoms with Crippen molar-refractivity contribution in [1.29, 1.82) is 0 Å². The molecule has 2 aromatic heterocycles. The average Bonchev–Trinajstić information content (AvgIpc) is 3.44. The SMILES string of the molecule is CCC1=C(C)C2=C(c3ccc4c(c3)c3ccccc3n4CC)c3c(C)c(CC)c(C)n3[B-](F)(F)[N+]2=C1C. The molecule has 0 fully saturated rings. The number of aryl methyl sites for hydroxylation is 1. The van der Waals surface area contributed by atoms with E-state index in [2.05, 4.69) is 67.8 Å². The molecule has 2 aromatic carbocycles. The molecule has 3 nitrogen and oxygen atoms in total. The lowest BCUT2D eigenvalue weighted by Gasteiger charge is -2.34. The zero-order valence-corrected chi connectivity index (χ0v) is 22.8. The van der Waals surface area contributed by atoms with Crippen molar-refractivity contribution in [3.8, 4) is 0 Å². The van der Waals surface area contributed by atoms with E-state index in [-0.39, 0.29) is 0 Å². The quantitative estimate of drug-likeness (QED) is 0.254. The van der Waals surface area contributed by atoms with E-state index in [0.29, 0.717) is 22.8 Å². The number of rotatable bonds is 4. The monoisotopic (exact) mass is 497 g/mol. The fraction of sp³-hybridized carbons (Fsp3) is 0.323. The maximum absolute atomic E-state index is 16.5. The van der Waals surface area contributed by atoms with Gasteiger partial charge in [0.1, 0.15) is 5.71 Å². The first-order valence-corrected chi connectivity index (χ1v) is 13.5. The van der Waals surface area contributed by atoms with Crippen LogP contribution in [-0.4, -0.2) is 26.2 Å². The van der Waals surface area contributed by atoms with Crippen molar-refractivity contribution in [3.63, 3.8) is 0 Å². The fourth-order valence-corrected chi connectivity index (χ4v) is 7.30. The van der Waals surface area contributed by atoms with E-state index in [1.807, 2.05) is 27.7 Å². The summed E-state index contributed by atoms with van der Waals surface area (Å²) in [6.07, 6.45) is 1.46. The second-order valence-corrected chi connectivity index (χ2v) is 10.5. The van der Waals surface area contributed by atoms with Gasteiger partial charge < -0.3 is 22.2 Å². The third-order valence-electron chi connectivity index (χ3n) is 8.87. The van der Waals surface area contributed by atoms with E-state index in [0.717, 1.165) is 58.2 Å². The summed E-state index contributed by atoms with van der Waals surface area (Å²) in [7, 11) is 0. The molecule has 0 amide bonds. The van der Waals surface area contributed by atoms with Crippen molar-refractivity contribution in [2.45, 2.75) is 67.9 Å². The van der Waals surface area contributed by atoms with Gasteiger partial charge in [-0.3, -0.25) is 0 Å². The van der Waals surface area contributed by atoms with Crippen LogP contribution in [0.25, 0.3) is 27.4 Å². The Morgan fingerprint density at radius 3 is 2.24 bits per heavy atom. The van der Waals surface area contributed by atoms with E-state index in [9.17, 15) is 0 Å². The van der Waals surface area contributed by atoms with Crippen LogP contribution in [0.1, 0.15) is 69.1 Å². The molecule has 0 radical (unpaired) electrons.